The number of carbonyl (C=O) groups is 10. The summed E-state index contributed by atoms with van der Waals surface area (Å²) in [7, 11) is 0. The van der Waals surface area contributed by atoms with Crippen molar-refractivity contribution in [2.75, 3.05) is 13.2 Å². The zero-order valence-corrected chi connectivity index (χ0v) is 31.4. The standard InChI is InChI=1S/C34H50N10O14/c1-15(46)27(32(55)42-22(14-45)34(57)58)43-28(51)19(8-9-24(36)48)39-30(53)21(13-26(38)50)40-29(52)20(11-16-4-6-17(47)7-5-16)41-31(54)23-3-2-10-44(23)33(56)18(35)12-25(37)49/h4-7,15,18-23,27,45-47H,2-3,8-14,35H2,1H3,(H2,36,48)(H2,37,49)(H2,38,50)(H,39,53)(H,40,52)(H,41,54)(H,42,55)(H,43,51)(H,57,58)/t15-,18+,19+,20+,21+,22+,23+,27+/m1/s1. The molecule has 24 nitrogen and oxygen atoms in total. The quantitative estimate of drug-likeness (QED) is 0.0488. The number of phenols is 1. The number of nitrogens with two attached hydrogens (primary N) is 4. The number of nitrogens with zero attached hydrogens (tertiary/aromatic N) is 1. The van der Waals surface area contributed by atoms with Crippen LogP contribution in [-0.2, 0) is 54.4 Å². The van der Waals surface area contributed by atoms with Crippen molar-refractivity contribution in [1.82, 2.24) is 31.5 Å². The van der Waals surface area contributed by atoms with Gasteiger partial charge in [0.05, 0.1) is 31.6 Å². The zero-order valence-electron chi connectivity index (χ0n) is 31.4. The lowest BCUT2D eigenvalue weighted by Crippen LogP contribution is -2.61. The third kappa shape index (κ3) is 14.9. The van der Waals surface area contributed by atoms with E-state index in [1.165, 1.54) is 24.3 Å². The zero-order chi connectivity index (χ0) is 43.9. The van der Waals surface area contributed by atoms with Gasteiger partial charge in [-0.15, -0.1) is 0 Å². The number of likely N-dealkylation sites (tertiary alicyclic amines) is 1. The summed E-state index contributed by atoms with van der Waals surface area (Å²) in [5.74, 6) is -11.0. The van der Waals surface area contributed by atoms with Crippen LogP contribution in [0.25, 0.3) is 0 Å². The summed E-state index contributed by atoms with van der Waals surface area (Å²) in [4.78, 5) is 128. The number of phenolic OH excluding ortho intramolecular Hbond substituents is 1. The van der Waals surface area contributed by atoms with E-state index in [1.807, 2.05) is 5.32 Å². The van der Waals surface area contributed by atoms with E-state index in [4.69, 9.17) is 28.0 Å². The van der Waals surface area contributed by atoms with Crippen LogP contribution in [0.1, 0.15) is 51.0 Å². The molecule has 1 aliphatic heterocycles. The van der Waals surface area contributed by atoms with Crippen LogP contribution in [0, 0.1) is 0 Å². The number of hydrogen-bond donors (Lipinski definition) is 13. The first kappa shape index (κ1) is 47.8. The third-order valence-corrected chi connectivity index (χ3v) is 8.80. The van der Waals surface area contributed by atoms with Gasteiger partial charge in [0.1, 0.15) is 42.0 Å². The Morgan fingerprint density at radius 1 is 0.759 bits per heavy atom. The molecule has 8 atom stereocenters. The van der Waals surface area contributed by atoms with Crippen molar-refractivity contribution >= 4 is 59.1 Å². The van der Waals surface area contributed by atoms with E-state index in [2.05, 4.69) is 21.3 Å². The number of amides is 9. The molecule has 1 heterocycles. The largest absolute Gasteiger partial charge is 0.508 e. The van der Waals surface area contributed by atoms with Crippen LogP contribution in [0.3, 0.4) is 0 Å². The molecule has 0 aliphatic carbocycles. The molecule has 1 fully saturated rings. The van der Waals surface area contributed by atoms with Gasteiger partial charge in [-0.05, 0) is 43.9 Å². The highest BCUT2D eigenvalue weighted by Crippen LogP contribution is 2.20. The van der Waals surface area contributed by atoms with Crippen molar-refractivity contribution in [2.45, 2.75) is 100 Å². The molecule has 320 valence electrons. The number of benzene rings is 1. The molecule has 58 heavy (non-hydrogen) atoms. The molecule has 17 N–H and O–H groups in total. The number of carboxylic acids is 1. The number of carboxylic acid groups (broad SMARTS) is 1. The normalized spacial score (nSPS) is 17.2. The fraction of sp³-hybridized carbons (Fsp3) is 0.529. The van der Waals surface area contributed by atoms with Crippen molar-refractivity contribution in [3.63, 3.8) is 0 Å². The van der Waals surface area contributed by atoms with E-state index in [1.54, 1.807) is 0 Å². The fourth-order valence-corrected chi connectivity index (χ4v) is 5.78. The first-order chi connectivity index (χ1) is 27.1. The number of carbonyl (C=O) groups excluding carboxylic acids is 9. The van der Waals surface area contributed by atoms with Crippen molar-refractivity contribution in [1.29, 1.82) is 0 Å². The van der Waals surface area contributed by atoms with Gasteiger partial charge in [-0.2, -0.15) is 0 Å². The lowest BCUT2D eigenvalue weighted by Gasteiger charge is -2.29. The first-order valence-corrected chi connectivity index (χ1v) is 17.9. The maximum atomic E-state index is 13.9. The van der Waals surface area contributed by atoms with Gasteiger partial charge in [0, 0.05) is 19.4 Å². The highest BCUT2D eigenvalue weighted by molar-refractivity contribution is 5.99. The van der Waals surface area contributed by atoms with Crippen LogP contribution in [-0.4, -0.2) is 146 Å². The summed E-state index contributed by atoms with van der Waals surface area (Å²) in [6.45, 7) is 0.109. The number of aliphatic carboxylic acids is 1. The van der Waals surface area contributed by atoms with E-state index in [0.717, 1.165) is 11.8 Å². The van der Waals surface area contributed by atoms with Crippen LogP contribution in [0.4, 0.5) is 0 Å². The van der Waals surface area contributed by atoms with Gasteiger partial charge in [-0.1, -0.05) is 12.1 Å². The minimum absolute atomic E-state index is 0.0950. The topological polar surface area (TPSA) is 419 Å². The summed E-state index contributed by atoms with van der Waals surface area (Å²) in [6.07, 6.45) is -3.84. The second-order valence-corrected chi connectivity index (χ2v) is 13.5. The van der Waals surface area contributed by atoms with Crippen molar-refractivity contribution in [3.05, 3.63) is 29.8 Å². The Morgan fingerprint density at radius 2 is 1.31 bits per heavy atom. The summed E-state index contributed by atoms with van der Waals surface area (Å²) in [5, 5.41) is 49.4. The molecule has 0 spiro atoms. The molecule has 0 radical (unpaired) electrons. The number of aliphatic hydroxyl groups excluding tert-OH is 2. The molecule has 1 aromatic rings. The summed E-state index contributed by atoms with van der Waals surface area (Å²) < 4.78 is 0. The minimum Gasteiger partial charge on any atom is -0.508 e. The lowest BCUT2D eigenvalue weighted by atomic mass is 10.0. The summed E-state index contributed by atoms with van der Waals surface area (Å²) in [6, 6.07) is -5.81. The first-order valence-electron chi connectivity index (χ1n) is 17.9. The number of aromatic hydroxyl groups is 1. The molecule has 1 saturated heterocycles. The van der Waals surface area contributed by atoms with Crippen LogP contribution < -0.4 is 49.5 Å². The molecule has 0 unspecified atom stereocenters. The van der Waals surface area contributed by atoms with E-state index >= 15 is 0 Å². The van der Waals surface area contributed by atoms with Crippen LogP contribution in [0.15, 0.2) is 24.3 Å². The Bertz CT molecular complexity index is 1710. The highest BCUT2D eigenvalue weighted by atomic mass is 16.4. The molecule has 2 rings (SSSR count). The number of aliphatic hydroxyl groups is 2. The van der Waals surface area contributed by atoms with Crippen LogP contribution in [0.5, 0.6) is 5.75 Å². The molecule has 24 heteroatoms. The van der Waals surface area contributed by atoms with Gasteiger partial charge in [-0.3, -0.25) is 43.2 Å². The predicted octanol–water partition coefficient (Wildman–Crippen LogP) is -6.85. The Hall–Kier alpha value is -6.40. The van der Waals surface area contributed by atoms with Crippen molar-refractivity contribution in [2.24, 2.45) is 22.9 Å². The van der Waals surface area contributed by atoms with Gasteiger partial charge in [0.2, 0.25) is 53.2 Å². The second-order valence-electron chi connectivity index (χ2n) is 13.5. The third-order valence-electron chi connectivity index (χ3n) is 8.80. The van der Waals surface area contributed by atoms with Crippen molar-refractivity contribution < 1.29 is 68.4 Å². The van der Waals surface area contributed by atoms with E-state index < -0.39 is 140 Å². The number of primary amides is 3. The molecule has 0 bridgehead atoms. The van der Waals surface area contributed by atoms with Gasteiger partial charge in [-0.25, -0.2) is 4.79 Å². The molecular weight excluding hydrogens is 772 g/mol. The summed E-state index contributed by atoms with van der Waals surface area (Å²) in [5.41, 5.74) is 22.0. The van der Waals surface area contributed by atoms with E-state index in [-0.39, 0.29) is 25.1 Å². The minimum atomic E-state index is -1.86. The number of hydrogen-bond acceptors (Lipinski definition) is 14. The van der Waals surface area contributed by atoms with Crippen LogP contribution >= 0.6 is 0 Å². The van der Waals surface area contributed by atoms with E-state index in [0.29, 0.717) is 12.0 Å². The van der Waals surface area contributed by atoms with Gasteiger partial charge in [0.25, 0.3) is 0 Å². The number of rotatable bonds is 23. The highest BCUT2D eigenvalue weighted by Gasteiger charge is 2.39. The number of nitrogens with one attached hydrogen (secondary N) is 5. The Kier molecular flexibility index (Phi) is 18.4. The molecule has 9 amide bonds. The van der Waals surface area contributed by atoms with Gasteiger partial charge < -0.3 is 74.8 Å². The molecule has 1 aliphatic rings. The monoisotopic (exact) mass is 822 g/mol. The Balaban J connectivity index is 2.39. The Morgan fingerprint density at radius 3 is 1.84 bits per heavy atom. The molecule has 1 aromatic carbocycles. The smallest absolute Gasteiger partial charge is 0.328 e. The Labute approximate surface area is 330 Å². The SMILES string of the molecule is C[C@@H](O)[C@H](NC(=O)[C@H](CCC(N)=O)NC(=O)[C@H](CC(N)=O)NC(=O)[C@H](Cc1ccc(O)cc1)NC(=O)[C@@H]1CCCN1C(=O)[C@@H](N)CC(N)=O)C(=O)N[C@@H](CO)C(=O)O. The maximum absolute atomic E-state index is 13.9. The fourth-order valence-electron chi connectivity index (χ4n) is 5.78. The van der Waals surface area contributed by atoms with Crippen molar-refractivity contribution in [3.8, 4) is 5.75 Å². The second kappa shape index (κ2) is 22.4. The molecular formula is C34H50N10O14. The van der Waals surface area contributed by atoms with E-state index in [9.17, 15) is 63.3 Å². The summed E-state index contributed by atoms with van der Waals surface area (Å²) >= 11 is 0. The molecule has 0 aromatic heterocycles. The van der Waals surface area contributed by atoms with Crippen LogP contribution in [0.2, 0.25) is 0 Å². The lowest BCUT2D eigenvalue weighted by molar-refractivity contribution is -0.144. The maximum Gasteiger partial charge on any atom is 0.328 e. The predicted molar refractivity (Wildman–Crippen MR) is 197 cm³/mol. The van der Waals surface area contributed by atoms with Gasteiger partial charge in [0.15, 0.2) is 0 Å². The average molecular weight is 823 g/mol. The average Bonchev–Trinajstić information content (AvgIpc) is 3.63. The van der Waals surface area contributed by atoms with Gasteiger partial charge >= 0.3 is 5.97 Å². The molecule has 0 saturated carbocycles.